The minimum Gasteiger partial charge on any atom is -0.386 e. The quantitative estimate of drug-likeness (QED) is 0.408. The Labute approximate surface area is 226 Å². The number of aliphatic hydroxyl groups is 1. The Balaban J connectivity index is 1.54. The normalized spacial score (nSPS) is 22.9. The number of rotatable bonds is 8. The first-order valence-electron chi connectivity index (χ1n) is 13.5. The van der Waals surface area contributed by atoms with Gasteiger partial charge in [-0.1, -0.05) is 56.3 Å². The Kier molecular flexibility index (Phi) is 8.74. The second-order valence-corrected chi connectivity index (χ2v) is 12.7. The number of carbonyl (C=O) groups excluding carboxylic acids is 1. The Morgan fingerprint density at radius 1 is 1.14 bits per heavy atom. The maximum atomic E-state index is 14.1. The second kappa shape index (κ2) is 11.5. The van der Waals surface area contributed by atoms with Crippen molar-refractivity contribution in [3.8, 4) is 0 Å². The highest BCUT2D eigenvalue weighted by Gasteiger charge is 2.47. The van der Waals surface area contributed by atoms with E-state index in [9.17, 15) is 9.90 Å². The molecule has 4 rings (SSSR count). The molecule has 202 valence electrons. The summed E-state index contributed by atoms with van der Waals surface area (Å²) in [4.78, 5) is 17.0. The second-order valence-electron chi connectivity index (χ2n) is 11.8. The summed E-state index contributed by atoms with van der Waals surface area (Å²) in [5, 5.41) is 11.0. The van der Waals surface area contributed by atoms with E-state index in [2.05, 4.69) is 45.2 Å². The summed E-state index contributed by atoms with van der Waals surface area (Å²) in [7, 11) is 1.82. The maximum Gasteiger partial charge on any atom is 0.230 e. The van der Waals surface area contributed by atoms with Crippen molar-refractivity contribution in [2.24, 2.45) is 11.3 Å². The van der Waals surface area contributed by atoms with Crippen LogP contribution in [0, 0.1) is 18.3 Å². The molecule has 1 spiro atoms. The monoisotopic (exact) mass is 525 g/mol. The van der Waals surface area contributed by atoms with Gasteiger partial charge < -0.3 is 19.5 Å². The van der Waals surface area contributed by atoms with Crippen LogP contribution in [0.2, 0.25) is 0 Å². The predicted molar refractivity (Wildman–Crippen MR) is 150 cm³/mol. The first-order chi connectivity index (χ1) is 17.5. The number of hydrogen-bond donors (Lipinski definition) is 1. The number of ether oxygens (including phenoxy) is 2. The molecule has 1 saturated heterocycles. The van der Waals surface area contributed by atoms with Crippen LogP contribution in [0.15, 0.2) is 53.4 Å². The Morgan fingerprint density at radius 3 is 2.43 bits per heavy atom. The number of nitrogens with zero attached hydrogens (tertiary/aromatic N) is 1. The van der Waals surface area contributed by atoms with Crippen molar-refractivity contribution in [2.45, 2.75) is 82.1 Å². The summed E-state index contributed by atoms with van der Waals surface area (Å²) < 4.78 is 12.6. The van der Waals surface area contributed by atoms with E-state index in [1.165, 1.54) is 10.5 Å². The SMILES string of the molecule is CSc1ccc([C@@H](C[C@H]2CCC3(C2)OCC(C)(C)CO3)C(=O)N(C)[C@H](C)[C@@H](O)c2ccccc2)cc1C. The van der Waals surface area contributed by atoms with Gasteiger partial charge in [0.05, 0.1) is 31.3 Å². The smallest absolute Gasteiger partial charge is 0.230 e. The maximum absolute atomic E-state index is 14.1. The molecule has 4 atom stereocenters. The number of carbonyl (C=O) groups is 1. The van der Waals surface area contributed by atoms with Crippen LogP contribution in [-0.4, -0.2) is 54.3 Å². The first kappa shape index (κ1) is 28.2. The molecule has 1 N–H and O–H groups in total. The summed E-state index contributed by atoms with van der Waals surface area (Å²) in [6.45, 7) is 9.78. The molecule has 1 saturated carbocycles. The molecule has 0 radical (unpaired) electrons. The van der Waals surface area contributed by atoms with Gasteiger partial charge in [-0.3, -0.25) is 4.79 Å². The lowest BCUT2D eigenvalue weighted by Crippen LogP contribution is -2.46. The molecule has 1 amide bonds. The average Bonchev–Trinajstić information content (AvgIpc) is 3.30. The van der Waals surface area contributed by atoms with Crippen LogP contribution < -0.4 is 0 Å². The average molecular weight is 526 g/mol. The lowest BCUT2D eigenvalue weighted by molar-refractivity contribution is -0.296. The fourth-order valence-electron chi connectivity index (χ4n) is 5.69. The molecule has 6 heteroatoms. The summed E-state index contributed by atoms with van der Waals surface area (Å²) in [6.07, 6.45) is 4.75. The number of thioether (sulfide) groups is 1. The van der Waals surface area contributed by atoms with Crippen molar-refractivity contribution >= 4 is 17.7 Å². The van der Waals surface area contributed by atoms with Crippen LogP contribution >= 0.6 is 11.8 Å². The third kappa shape index (κ3) is 6.42. The Bertz CT molecular complexity index is 1060. The fourth-order valence-corrected chi connectivity index (χ4v) is 6.27. The standard InChI is InChI=1S/C31H43NO4S/c1-21-16-25(12-13-27(21)37-6)26(17-23-14-15-31(18-23)35-19-30(3,4)20-36-31)29(34)32(5)22(2)28(33)24-10-8-7-9-11-24/h7-13,16,22-23,26,28,33H,14-15,17-20H2,1-6H3/t22-,23-,26-,28-/m1/s1. The lowest BCUT2D eigenvalue weighted by atomic mass is 9.85. The molecule has 2 aromatic rings. The van der Waals surface area contributed by atoms with E-state index >= 15 is 0 Å². The lowest BCUT2D eigenvalue weighted by Gasteiger charge is -2.41. The van der Waals surface area contributed by atoms with Gasteiger partial charge in [0.1, 0.15) is 0 Å². The summed E-state index contributed by atoms with van der Waals surface area (Å²) in [6, 6.07) is 15.6. The van der Waals surface area contributed by atoms with Gasteiger partial charge in [0.25, 0.3) is 0 Å². The zero-order valence-corrected chi connectivity index (χ0v) is 24.0. The number of benzene rings is 2. The highest BCUT2D eigenvalue weighted by molar-refractivity contribution is 7.98. The van der Waals surface area contributed by atoms with Crippen molar-refractivity contribution in [2.75, 3.05) is 26.5 Å². The highest BCUT2D eigenvalue weighted by Crippen LogP contribution is 2.46. The van der Waals surface area contributed by atoms with Crippen LogP contribution in [0.1, 0.15) is 75.2 Å². The molecule has 2 aliphatic rings. The zero-order chi connectivity index (χ0) is 26.8. The molecule has 0 unspecified atom stereocenters. The topological polar surface area (TPSA) is 59.0 Å². The third-order valence-electron chi connectivity index (χ3n) is 8.23. The van der Waals surface area contributed by atoms with E-state index < -0.39 is 11.9 Å². The highest BCUT2D eigenvalue weighted by atomic mass is 32.2. The van der Waals surface area contributed by atoms with E-state index in [0.717, 1.165) is 36.8 Å². The van der Waals surface area contributed by atoms with E-state index in [4.69, 9.17) is 9.47 Å². The van der Waals surface area contributed by atoms with Gasteiger partial charge in [0.15, 0.2) is 5.79 Å². The molecular formula is C31H43NO4S. The molecule has 5 nitrogen and oxygen atoms in total. The molecule has 1 heterocycles. The van der Waals surface area contributed by atoms with Gasteiger partial charge in [-0.2, -0.15) is 0 Å². The van der Waals surface area contributed by atoms with Gasteiger partial charge in [-0.25, -0.2) is 0 Å². The summed E-state index contributed by atoms with van der Waals surface area (Å²) in [5.74, 6) is -0.412. The first-order valence-corrected chi connectivity index (χ1v) is 14.7. The largest absolute Gasteiger partial charge is 0.386 e. The van der Waals surface area contributed by atoms with E-state index in [-0.39, 0.29) is 23.3 Å². The van der Waals surface area contributed by atoms with Gasteiger partial charge >= 0.3 is 0 Å². The van der Waals surface area contributed by atoms with Crippen LogP contribution in [0.3, 0.4) is 0 Å². The van der Waals surface area contributed by atoms with Crippen LogP contribution in [0.5, 0.6) is 0 Å². The number of likely N-dealkylation sites (N-methyl/N-ethyl adjacent to an activating group) is 1. The number of aryl methyl sites for hydroxylation is 1. The van der Waals surface area contributed by atoms with Crippen molar-refractivity contribution in [3.05, 3.63) is 65.2 Å². The number of hydrogen-bond acceptors (Lipinski definition) is 5. The molecule has 2 aromatic carbocycles. The van der Waals surface area contributed by atoms with E-state index in [0.29, 0.717) is 19.1 Å². The summed E-state index contributed by atoms with van der Waals surface area (Å²) in [5.41, 5.74) is 3.09. The van der Waals surface area contributed by atoms with Crippen molar-refractivity contribution in [3.63, 3.8) is 0 Å². The van der Waals surface area contributed by atoms with Gasteiger partial charge in [0.2, 0.25) is 5.91 Å². The van der Waals surface area contributed by atoms with Crippen molar-refractivity contribution < 1.29 is 19.4 Å². The van der Waals surface area contributed by atoms with Gasteiger partial charge in [-0.15, -0.1) is 11.8 Å². The molecule has 2 fully saturated rings. The van der Waals surface area contributed by atoms with E-state index in [1.807, 2.05) is 44.3 Å². The minimum absolute atomic E-state index is 0.0385. The summed E-state index contributed by atoms with van der Waals surface area (Å²) >= 11 is 1.72. The molecule has 0 bridgehead atoms. The third-order valence-corrected chi connectivity index (χ3v) is 9.13. The Hall–Kier alpha value is -1.86. The molecule has 1 aliphatic carbocycles. The van der Waals surface area contributed by atoms with Gasteiger partial charge in [0, 0.05) is 30.2 Å². The van der Waals surface area contributed by atoms with E-state index in [1.54, 1.807) is 16.7 Å². The van der Waals surface area contributed by atoms with Gasteiger partial charge in [-0.05, 0) is 61.6 Å². The fraction of sp³-hybridized carbons (Fsp3) is 0.581. The Morgan fingerprint density at radius 2 is 1.81 bits per heavy atom. The zero-order valence-electron chi connectivity index (χ0n) is 23.2. The van der Waals surface area contributed by atoms with Crippen LogP contribution in [0.25, 0.3) is 0 Å². The van der Waals surface area contributed by atoms with Crippen molar-refractivity contribution in [1.29, 1.82) is 0 Å². The minimum atomic E-state index is -0.751. The predicted octanol–water partition coefficient (Wildman–Crippen LogP) is 6.34. The molecule has 37 heavy (non-hydrogen) atoms. The number of amides is 1. The molecule has 1 aliphatic heterocycles. The number of aliphatic hydroxyl groups excluding tert-OH is 1. The van der Waals surface area contributed by atoms with Crippen LogP contribution in [0.4, 0.5) is 0 Å². The molecule has 0 aromatic heterocycles. The van der Waals surface area contributed by atoms with Crippen LogP contribution in [-0.2, 0) is 14.3 Å². The molecular weight excluding hydrogens is 482 g/mol. The van der Waals surface area contributed by atoms with Crippen molar-refractivity contribution in [1.82, 2.24) is 4.90 Å².